The number of fused-ring (bicyclic) bond motifs is 7. The summed E-state index contributed by atoms with van der Waals surface area (Å²) in [5.74, 6) is 1.65. The summed E-state index contributed by atoms with van der Waals surface area (Å²) in [6.45, 7) is 20.0. The van der Waals surface area contributed by atoms with Crippen LogP contribution in [0.1, 0.15) is 113 Å². The molecule has 5 aliphatic carbocycles. The van der Waals surface area contributed by atoms with E-state index in [-0.39, 0.29) is 39.4 Å². The number of ether oxygens (including phenoxy) is 2. The van der Waals surface area contributed by atoms with Crippen LogP contribution in [0.2, 0.25) is 0 Å². The van der Waals surface area contributed by atoms with E-state index in [1.54, 1.807) is 6.92 Å². The van der Waals surface area contributed by atoms with Gasteiger partial charge in [0, 0.05) is 5.92 Å². The van der Waals surface area contributed by atoms with Crippen LogP contribution >= 0.6 is 0 Å². The molecule has 1 aliphatic heterocycles. The summed E-state index contributed by atoms with van der Waals surface area (Å²) in [7, 11) is 0. The van der Waals surface area contributed by atoms with Crippen molar-refractivity contribution in [3.05, 3.63) is 12.2 Å². The van der Waals surface area contributed by atoms with E-state index in [2.05, 4.69) is 48.1 Å². The zero-order valence-electron chi connectivity index (χ0n) is 29.3. The lowest BCUT2D eigenvalue weighted by molar-refractivity contribution is -0.298. The Hall–Kier alpha value is -1.32. The molecular formula is C38H60O8. The fourth-order valence-electron chi connectivity index (χ4n) is 13.6. The molecule has 260 valence electrons. The van der Waals surface area contributed by atoms with Crippen LogP contribution < -0.4 is 0 Å². The van der Waals surface area contributed by atoms with Gasteiger partial charge in [0.25, 0.3) is 0 Å². The lowest BCUT2D eigenvalue weighted by Gasteiger charge is -2.73. The number of rotatable bonds is 5. The van der Waals surface area contributed by atoms with Gasteiger partial charge in [-0.2, -0.15) is 0 Å². The van der Waals surface area contributed by atoms with Crippen LogP contribution in [-0.4, -0.2) is 69.5 Å². The second-order valence-corrected chi connectivity index (χ2v) is 18.0. The lowest BCUT2D eigenvalue weighted by Crippen LogP contribution is -2.67. The highest BCUT2D eigenvalue weighted by molar-refractivity contribution is 5.79. The molecule has 46 heavy (non-hydrogen) atoms. The van der Waals surface area contributed by atoms with Gasteiger partial charge in [0.05, 0.1) is 12.0 Å². The van der Waals surface area contributed by atoms with Gasteiger partial charge >= 0.3 is 5.97 Å². The van der Waals surface area contributed by atoms with Gasteiger partial charge in [-0.3, -0.25) is 9.59 Å². The largest absolute Gasteiger partial charge is 0.432 e. The first-order valence-corrected chi connectivity index (χ1v) is 18.1. The molecule has 0 bridgehead atoms. The molecule has 5 saturated carbocycles. The highest BCUT2D eigenvalue weighted by atomic mass is 16.7. The molecule has 1 unspecified atom stereocenters. The smallest absolute Gasteiger partial charge is 0.314 e. The molecular weight excluding hydrogens is 584 g/mol. The number of esters is 1. The number of hydrogen-bond acceptors (Lipinski definition) is 8. The zero-order valence-corrected chi connectivity index (χ0v) is 29.3. The van der Waals surface area contributed by atoms with Crippen molar-refractivity contribution in [2.75, 3.05) is 6.61 Å². The molecule has 8 nitrogen and oxygen atoms in total. The molecule has 0 aromatic heterocycles. The molecule has 1 saturated heterocycles. The van der Waals surface area contributed by atoms with Crippen molar-refractivity contribution in [2.24, 2.45) is 62.6 Å². The lowest BCUT2D eigenvalue weighted by atomic mass is 9.32. The predicted octanol–water partition coefficient (Wildman–Crippen LogP) is 5.19. The highest BCUT2D eigenvalue weighted by Gasteiger charge is 2.72. The summed E-state index contributed by atoms with van der Waals surface area (Å²) in [6.07, 6.45) is 2.29. The van der Waals surface area contributed by atoms with E-state index in [4.69, 9.17) is 9.47 Å². The van der Waals surface area contributed by atoms with Crippen LogP contribution in [-0.2, 0) is 19.1 Å². The topological polar surface area (TPSA) is 134 Å². The average Bonchev–Trinajstić information content (AvgIpc) is 3.38. The summed E-state index contributed by atoms with van der Waals surface area (Å²) in [6, 6.07) is 0. The predicted molar refractivity (Wildman–Crippen MR) is 173 cm³/mol. The van der Waals surface area contributed by atoms with Crippen molar-refractivity contribution >= 4 is 11.8 Å². The van der Waals surface area contributed by atoms with E-state index in [1.807, 2.05) is 0 Å². The van der Waals surface area contributed by atoms with Gasteiger partial charge in [0.2, 0.25) is 6.29 Å². The van der Waals surface area contributed by atoms with E-state index in [9.17, 15) is 30.0 Å². The number of Topliss-reactive ketones (excluding diaryl/α,β-unsaturated/α-hetero) is 1. The van der Waals surface area contributed by atoms with Crippen molar-refractivity contribution < 1.29 is 39.5 Å². The molecule has 4 N–H and O–H groups in total. The summed E-state index contributed by atoms with van der Waals surface area (Å²) < 4.78 is 11.6. The van der Waals surface area contributed by atoms with E-state index >= 15 is 0 Å². The molecule has 6 rings (SSSR count). The van der Waals surface area contributed by atoms with Crippen LogP contribution in [0, 0.1) is 62.6 Å². The minimum Gasteiger partial charge on any atom is -0.432 e. The van der Waals surface area contributed by atoms with E-state index in [0.29, 0.717) is 36.4 Å². The van der Waals surface area contributed by atoms with E-state index in [1.165, 1.54) is 0 Å². The molecule has 15 atom stereocenters. The molecule has 0 aromatic rings. The number of carbonyl (C=O) groups excluding carboxylic acids is 2. The number of allylic oxidation sites excluding steroid dienone is 1. The van der Waals surface area contributed by atoms with E-state index in [0.717, 1.165) is 56.9 Å². The first kappa shape index (κ1) is 34.5. The Labute approximate surface area is 275 Å². The maximum atomic E-state index is 14.4. The molecule has 1 heterocycles. The second kappa shape index (κ2) is 11.4. The monoisotopic (exact) mass is 644 g/mol. The maximum Gasteiger partial charge on any atom is 0.314 e. The number of carbonyl (C=O) groups is 2. The molecule has 0 spiro atoms. The fourth-order valence-corrected chi connectivity index (χ4v) is 13.6. The third-order valence-corrected chi connectivity index (χ3v) is 16.1. The zero-order chi connectivity index (χ0) is 33.8. The second-order valence-electron chi connectivity index (χ2n) is 18.0. The Morgan fingerprint density at radius 1 is 0.804 bits per heavy atom. The molecule has 0 radical (unpaired) electrons. The van der Waals surface area contributed by atoms with Crippen LogP contribution in [0.3, 0.4) is 0 Å². The van der Waals surface area contributed by atoms with Crippen molar-refractivity contribution in [2.45, 2.75) is 143 Å². The van der Waals surface area contributed by atoms with Crippen LogP contribution in [0.4, 0.5) is 0 Å². The van der Waals surface area contributed by atoms with Crippen molar-refractivity contribution in [1.82, 2.24) is 0 Å². The van der Waals surface area contributed by atoms with Crippen LogP contribution in [0.25, 0.3) is 0 Å². The molecule has 0 amide bonds. The Morgan fingerprint density at radius 2 is 1.50 bits per heavy atom. The first-order valence-electron chi connectivity index (χ1n) is 18.1. The fraction of sp³-hybridized carbons (Fsp3) is 0.895. The molecule has 6 aliphatic rings. The number of aliphatic hydroxyl groups excluding tert-OH is 4. The Balaban J connectivity index is 1.32. The number of hydrogen-bond donors (Lipinski definition) is 4. The first-order chi connectivity index (χ1) is 21.4. The van der Waals surface area contributed by atoms with Gasteiger partial charge in [-0.25, -0.2) is 0 Å². The average molecular weight is 645 g/mol. The minimum atomic E-state index is -1.61. The third-order valence-electron chi connectivity index (χ3n) is 16.1. The van der Waals surface area contributed by atoms with Gasteiger partial charge in [-0.05, 0) is 129 Å². The quantitative estimate of drug-likeness (QED) is 0.237. The molecule has 8 heteroatoms. The molecule has 6 fully saturated rings. The van der Waals surface area contributed by atoms with Gasteiger partial charge in [0.1, 0.15) is 30.2 Å². The van der Waals surface area contributed by atoms with Crippen LogP contribution in [0.5, 0.6) is 0 Å². The number of aliphatic hydroxyl groups is 4. The van der Waals surface area contributed by atoms with Gasteiger partial charge in [-0.15, -0.1) is 0 Å². The van der Waals surface area contributed by atoms with Gasteiger partial charge in [0.15, 0.2) is 0 Å². The van der Waals surface area contributed by atoms with Gasteiger partial charge < -0.3 is 29.9 Å². The van der Waals surface area contributed by atoms with Crippen molar-refractivity contribution in [1.29, 1.82) is 0 Å². The van der Waals surface area contributed by atoms with Crippen molar-refractivity contribution in [3.8, 4) is 0 Å². The summed E-state index contributed by atoms with van der Waals surface area (Å²) >= 11 is 0. The summed E-state index contributed by atoms with van der Waals surface area (Å²) in [5.41, 5.74) is 0.597. The SMILES string of the molecule is C=C(C)[C@@H]1CC[C@]2(C(=O)O[C@H]3O[C@H](CO)[C@@H](O)[C@H](O)[C@@H]3O)CC[C@]3(C)[C@H](CC[C@@H]4[C@@]5(C)CCC(C(C)=O)C(C)(C)[C@@H]5CC[C@]43C)[C@@H]12. The number of ketones is 1. The standard InChI is InChI=1S/C38H60O8/c1-20(2)22-11-16-38(33(44)46-32-31(43)30(42)29(41)25(19-39)45-32)18-17-36(7)24(28(22)38)9-10-27-35(6)14-12-23(21(3)40)34(4,5)26(35)13-15-37(27,36)8/h22-32,39,41-43H,1,9-19H2,2-8H3/t22-,23?,24+,25+,26-,27+,28+,29+,30-,31-,32+,35-,36+,37+,38-/m0/s1. The van der Waals surface area contributed by atoms with Crippen molar-refractivity contribution in [3.63, 3.8) is 0 Å². The molecule has 0 aromatic carbocycles. The van der Waals surface area contributed by atoms with E-state index < -0.39 is 48.7 Å². The summed E-state index contributed by atoms with van der Waals surface area (Å²) in [4.78, 5) is 27.2. The normalized spacial score (nSPS) is 52.8. The van der Waals surface area contributed by atoms with Gasteiger partial charge in [-0.1, -0.05) is 46.8 Å². The minimum absolute atomic E-state index is 0.0150. The Morgan fingerprint density at radius 3 is 2.13 bits per heavy atom. The Kier molecular flexibility index (Phi) is 8.53. The third kappa shape index (κ3) is 4.55. The Bertz CT molecular complexity index is 1240. The summed E-state index contributed by atoms with van der Waals surface area (Å²) in [5, 5.41) is 41.1. The maximum absolute atomic E-state index is 14.4. The highest BCUT2D eigenvalue weighted by Crippen LogP contribution is 2.78. The van der Waals surface area contributed by atoms with Crippen LogP contribution in [0.15, 0.2) is 12.2 Å².